The first-order valence-electron chi connectivity index (χ1n) is 8.70. The largest absolute Gasteiger partial charge is 0.459 e. The van der Waals surface area contributed by atoms with Crippen molar-refractivity contribution in [3.05, 3.63) is 36.1 Å². The summed E-state index contributed by atoms with van der Waals surface area (Å²) in [6.07, 6.45) is 1.57. The molecule has 0 radical (unpaired) electrons. The maximum absolute atomic E-state index is 12.1. The maximum Gasteiger partial charge on any atom is 0.283 e. The molecule has 27 heavy (non-hydrogen) atoms. The molecule has 1 N–H and O–H groups in total. The molecule has 3 aromatic rings. The molecule has 3 aromatic heterocycles. The van der Waals surface area contributed by atoms with E-state index >= 15 is 0 Å². The highest BCUT2D eigenvalue weighted by molar-refractivity contribution is 5.91. The van der Waals surface area contributed by atoms with Crippen LogP contribution in [0, 0.1) is 6.92 Å². The van der Waals surface area contributed by atoms with Crippen LogP contribution in [0.2, 0.25) is 0 Å². The standard InChI is InChI=1S/C17H20N6O4/c1-12-9-14(21-27-12)18-15(24)10-22-4-6-23(7-5-22)11-16-19-20-17(26-16)13-3-2-8-25-13/h2-3,8-9H,4-7,10-11H2,1H3,(H,18,21,24). The van der Waals surface area contributed by atoms with Crippen LogP contribution in [-0.2, 0) is 11.3 Å². The summed E-state index contributed by atoms with van der Waals surface area (Å²) in [7, 11) is 0. The fraction of sp³-hybridized carbons (Fsp3) is 0.412. The van der Waals surface area contributed by atoms with Gasteiger partial charge in [0.25, 0.3) is 5.89 Å². The summed E-state index contributed by atoms with van der Waals surface area (Å²) in [4.78, 5) is 16.4. The van der Waals surface area contributed by atoms with E-state index in [4.69, 9.17) is 13.4 Å². The van der Waals surface area contributed by atoms with Crippen LogP contribution in [0.15, 0.2) is 37.8 Å². The van der Waals surface area contributed by atoms with Gasteiger partial charge >= 0.3 is 0 Å². The highest BCUT2D eigenvalue weighted by atomic mass is 16.5. The van der Waals surface area contributed by atoms with Crippen molar-refractivity contribution >= 4 is 11.7 Å². The second-order valence-corrected chi connectivity index (χ2v) is 6.40. The quantitative estimate of drug-likeness (QED) is 0.685. The normalized spacial score (nSPS) is 15.9. The van der Waals surface area contributed by atoms with E-state index in [1.54, 1.807) is 31.4 Å². The van der Waals surface area contributed by atoms with Crippen molar-refractivity contribution in [1.82, 2.24) is 25.2 Å². The molecule has 0 bridgehead atoms. The molecule has 1 aliphatic rings. The van der Waals surface area contributed by atoms with Crippen molar-refractivity contribution in [1.29, 1.82) is 0 Å². The van der Waals surface area contributed by atoms with Gasteiger partial charge in [-0.05, 0) is 19.1 Å². The van der Waals surface area contributed by atoms with Gasteiger partial charge in [-0.25, -0.2) is 0 Å². The molecule has 1 fully saturated rings. The second-order valence-electron chi connectivity index (χ2n) is 6.40. The van der Waals surface area contributed by atoms with Gasteiger partial charge in [0.2, 0.25) is 11.8 Å². The molecule has 1 amide bonds. The Morgan fingerprint density at radius 2 is 2.04 bits per heavy atom. The molecule has 142 valence electrons. The van der Waals surface area contributed by atoms with Crippen LogP contribution in [0.4, 0.5) is 5.82 Å². The van der Waals surface area contributed by atoms with Crippen molar-refractivity contribution in [2.75, 3.05) is 38.0 Å². The summed E-state index contributed by atoms with van der Waals surface area (Å²) >= 11 is 0. The lowest BCUT2D eigenvalue weighted by atomic mass is 10.3. The average molecular weight is 372 g/mol. The van der Waals surface area contributed by atoms with Crippen LogP contribution < -0.4 is 5.32 Å². The predicted molar refractivity (Wildman–Crippen MR) is 93.6 cm³/mol. The topological polar surface area (TPSA) is 114 Å². The number of hydrogen-bond donors (Lipinski definition) is 1. The van der Waals surface area contributed by atoms with E-state index in [9.17, 15) is 4.79 Å². The Bertz CT molecular complexity index is 879. The molecule has 0 saturated carbocycles. The van der Waals surface area contributed by atoms with Gasteiger partial charge in [-0.15, -0.1) is 10.2 Å². The van der Waals surface area contributed by atoms with Crippen molar-refractivity contribution in [3.63, 3.8) is 0 Å². The van der Waals surface area contributed by atoms with Crippen LogP contribution in [0.3, 0.4) is 0 Å². The van der Waals surface area contributed by atoms with Crippen LogP contribution in [0.5, 0.6) is 0 Å². The zero-order chi connectivity index (χ0) is 18.6. The Morgan fingerprint density at radius 3 is 2.74 bits per heavy atom. The van der Waals surface area contributed by atoms with Gasteiger partial charge < -0.3 is 18.7 Å². The summed E-state index contributed by atoms with van der Waals surface area (Å²) in [6, 6.07) is 5.25. The predicted octanol–water partition coefficient (Wildman–Crippen LogP) is 1.38. The summed E-state index contributed by atoms with van der Waals surface area (Å²) in [6.45, 7) is 5.87. The number of amides is 1. The zero-order valence-corrected chi connectivity index (χ0v) is 14.9. The van der Waals surface area contributed by atoms with Crippen LogP contribution in [0.1, 0.15) is 11.7 Å². The van der Waals surface area contributed by atoms with Gasteiger partial charge in [0.05, 0.1) is 19.4 Å². The fourth-order valence-electron chi connectivity index (χ4n) is 2.92. The molecule has 10 heteroatoms. The number of aryl methyl sites for hydroxylation is 1. The lowest BCUT2D eigenvalue weighted by Gasteiger charge is -2.33. The third kappa shape index (κ3) is 4.41. The van der Waals surface area contributed by atoms with E-state index in [1.807, 2.05) is 0 Å². The number of piperazine rings is 1. The molecular formula is C17H20N6O4. The van der Waals surface area contributed by atoms with E-state index in [1.165, 1.54) is 0 Å². The number of nitrogens with zero attached hydrogens (tertiary/aromatic N) is 5. The minimum absolute atomic E-state index is 0.100. The number of hydrogen-bond acceptors (Lipinski definition) is 9. The number of nitrogens with one attached hydrogen (secondary N) is 1. The van der Waals surface area contributed by atoms with Crippen LogP contribution >= 0.6 is 0 Å². The SMILES string of the molecule is Cc1cc(NC(=O)CN2CCN(Cc3nnc(-c4ccco4)o3)CC2)no1. The summed E-state index contributed by atoms with van der Waals surface area (Å²) < 4.78 is 15.8. The van der Waals surface area contributed by atoms with Gasteiger partial charge in [-0.1, -0.05) is 5.16 Å². The Labute approximate surface area is 155 Å². The fourth-order valence-corrected chi connectivity index (χ4v) is 2.92. The first-order valence-corrected chi connectivity index (χ1v) is 8.70. The van der Waals surface area contributed by atoms with E-state index in [-0.39, 0.29) is 5.91 Å². The Balaban J connectivity index is 1.22. The molecule has 10 nitrogen and oxygen atoms in total. The summed E-state index contributed by atoms with van der Waals surface area (Å²) in [5.74, 6) is 2.50. The van der Waals surface area contributed by atoms with Crippen LogP contribution in [-0.4, -0.2) is 63.8 Å². The first-order chi connectivity index (χ1) is 13.2. The van der Waals surface area contributed by atoms with Gasteiger partial charge in [0.1, 0.15) is 5.76 Å². The maximum atomic E-state index is 12.1. The summed E-state index contributed by atoms with van der Waals surface area (Å²) in [5.41, 5.74) is 0. The zero-order valence-electron chi connectivity index (χ0n) is 14.9. The number of furan rings is 1. The number of aromatic nitrogens is 3. The van der Waals surface area contributed by atoms with Gasteiger partial charge in [-0.3, -0.25) is 14.6 Å². The molecule has 0 spiro atoms. The molecule has 0 atom stereocenters. The molecule has 1 aliphatic heterocycles. The number of anilines is 1. The molecule has 4 rings (SSSR count). The van der Waals surface area contributed by atoms with E-state index < -0.39 is 0 Å². The van der Waals surface area contributed by atoms with E-state index in [0.717, 1.165) is 26.2 Å². The number of carbonyl (C=O) groups excluding carboxylic acids is 1. The molecular weight excluding hydrogens is 352 g/mol. The van der Waals surface area contributed by atoms with Gasteiger partial charge in [0.15, 0.2) is 11.6 Å². The van der Waals surface area contributed by atoms with Gasteiger partial charge in [-0.2, -0.15) is 0 Å². The van der Waals surface area contributed by atoms with Crippen molar-refractivity contribution in [2.45, 2.75) is 13.5 Å². The monoisotopic (exact) mass is 372 g/mol. The minimum Gasteiger partial charge on any atom is -0.459 e. The molecule has 0 aliphatic carbocycles. The third-order valence-electron chi connectivity index (χ3n) is 4.29. The number of carbonyl (C=O) groups is 1. The van der Waals surface area contributed by atoms with E-state index in [0.29, 0.717) is 42.2 Å². The number of rotatable bonds is 6. The average Bonchev–Trinajstić information content (AvgIpc) is 3.39. The van der Waals surface area contributed by atoms with Crippen molar-refractivity contribution in [2.24, 2.45) is 0 Å². The smallest absolute Gasteiger partial charge is 0.283 e. The Kier molecular flexibility index (Phi) is 4.99. The Hall–Kier alpha value is -2.98. The van der Waals surface area contributed by atoms with Crippen molar-refractivity contribution in [3.8, 4) is 11.7 Å². The van der Waals surface area contributed by atoms with Crippen LogP contribution in [0.25, 0.3) is 11.7 Å². The van der Waals surface area contributed by atoms with Gasteiger partial charge in [0, 0.05) is 32.2 Å². The molecule has 1 saturated heterocycles. The van der Waals surface area contributed by atoms with Crippen molar-refractivity contribution < 1.29 is 18.2 Å². The lowest BCUT2D eigenvalue weighted by molar-refractivity contribution is -0.117. The lowest BCUT2D eigenvalue weighted by Crippen LogP contribution is -2.48. The highest BCUT2D eigenvalue weighted by Crippen LogP contribution is 2.18. The Morgan fingerprint density at radius 1 is 1.22 bits per heavy atom. The molecule has 4 heterocycles. The second kappa shape index (κ2) is 7.72. The third-order valence-corrected chi connectivity index (χ3v) is 4.29. The van der Waals surface area contributed by atoms with E-state index in [2.05, 4.69) is 30.5 Å². The molecule has 0 aromatic carbocycles. The molecule has 0 unspecified atom stereocenters. The summed E-state index contributed by atoms with van der Waals surface area (Å²) in [5, 5.41) is 14.6. The first kappa shape index (κ1) is 17.4. The minimum atomic E-state index is -0.100. The highest BCUT2D eigenvalue weighted by Gasteiger charge is 2.21.